The normalized spacial score (nSPS) is 11.3. The third kappa shape index (κ3) is 4.48. The summed E-state index contributed by atoms with van der Waals surface area (Å²) >= 11 is 0. The van der Waals surface area contributed by atoms with Crippen LogP contribution in [0.3, 0.4) is 0 Å². The third-order valence-corrected chi connectivity index (χ3v) is 4.71. The number of aromatic nitrogens is 2. The van der Waals surface area contributed by atoms with Gasteiger partial charge in [0.05, 0.1) is 25.6 Å². The summed E-state index contributed by atoms with van der Waals surface area (Å²) in [7, 11) is 3.21. The number of rotatable bonds is 5. The first-order chi connectivity index (χ1) is 14.1. The Hall–Kier alpha value is -3.28. The molecule has 1 aromatic heterocycles. The van der Waals surface area contributed by atoms with Crippen molar-refractivity contribution in [2.45, 2.75) is 40.2 Å². The van der Waals surface area contributed by atoms with Gasteiger partial charge >= 0.3 is 0 Å². The third-order valence-electron chi connectivity index (χ3n) is 4.71. The summed E-state index contributed by atoms with van der Waals surface area (Å²) in [6.07, 6.45) is 0. The molecule has 0 spiro atoms. The van der Waals surface area contributed by atoms with E-state index < -0.39 is 0 Å². The van der Waals surface area contributed by atoms with E-state index in [1.807, 2.05) is 65.0 Å². The fourth-order valence-electron chi connectivity index (χ4n) is 3.22. The quantitative estimate of drug-likeness (QED) is 0.666. The lowest BCUT2D eigenvalue weighted by Crippen LogP contribution is -2.41. The maximum atomic E-state index is 13.1. The maximum absolute atomic E-state index is 13.1. The molecule has 1 N–H and O–H groups in total. The molecular weight excluding hydrogens is 378 g/mol. The van der Waals surface area contributed by atoms with Crippen molar-refractivity contribution in [1.82, 2.24) is 15.1 Å². The average Bonchev–Trinajstić information content (AvgIpc) is 3.13. The number of amides is 1. The molecule has 0 atom stereocenters. The topological polar surface area (TPSA) is 65.4 Å². The zero-order valence-corrected chi connectivity index (χ0v) is 18.7. The van der Waals surface area contributed by atoms with Crippen LogP contribution in [0.5, 0.6) is 11.5 Å². The van der Waals surface area contributed by atoms with Gasteiger partial charge in [0.15, 0.2) is 0 Å². The van der Waals surface area contributed by atoms with Gasteiger partial charge in [-0.1, -0.05) is 12.1 Å². The van der Waals surface area contributed by atoms with Crippen LogP contribution in [0.1, 0.15) is 42.4 Å². The van der Waals surface area contributed by atoms with Gasteiger partial charge in [-0.05, 0) is 70.0 Å². The molecule has 0 fully saturated rings. The highest BCUT2D eigenvalue weighted by Crippen LogP contribution is 2.34. The van der Waals surface area contributed by atoms with Gasteiger partial charge in [-0.25, -0.2) is 4.68 Å². The van der Waals surface area contributed by atoms with Gasteiger partial charge in [0.25, 0.3) is 5.91 Å². The number of nitrogens with one attached hydrogen (secondary N) is 1. The Morgan fingerprint density at radius 1 is 1.00 bits per heavy atom. The second kappa shape index (κ2) is 8.22. The zero-order chi connectivity index (χ0) is 22.1. The molecule has 0 unspecified atom stereocenters. The molecule has 0 aliphatic rings. The minimum absolute atomic E-state index is 0.186. The van der Waals surface area contributed by atoms with Crippen molar-refractivity contribution in [2.75, 3.05) is 14.2 Å². The van der Waals surface area contributed by atoms with E-state index in [0.717, 1.165) is 22.4 Å². The first-order valence-electron chi connectivity index (χ1n) is 9.85. The molecule has 3 aromatic rings. The summed E-state index contributed by atoms with van der Waals surface area (Å²) in [5, 5.41) is 7.84. The van der Waals surface area contributed by atoms with E-state index in [0.29, 0.717) is 22.9 Å². The van der Waals surface area contributed by atoms with Crippen LogP contribution in [0.25, 0.3) is 16.9 Å². The molecule has 0 aliphatic heterocycles. The molecule has 6 nitrogen and oxygen atoms in total. The van der Waals surface area contributed by atoms with Gasteiger partial charge in [0.1, 0.15) is 17.2 Å². The van der Waals surface area contributed by atoms with Crippen LogP contribution in [0, 0.1) is 13.8 Å². The Bertz CT molecular complexity index is 1080. The number of aryl methyl sites for hydroxylation is 2. The van der Waals surface area contributed by atoms with E-state index in [1.54, 1.807) is 31.0 Å². The number of ether oxygens (including phenoxy) is 2. The summed E-state index contributed by atoms with van der Waals surface area (Å²) in [5.41, 5.74) is 4.52. The maximum Gasteiger partial charge on any atom is 0.270 e. The van der Waals surface area contributed by atoms with Crippen LogP contribution in [0.4, 0.5) is 0 Å². The van der Waals surface area contributed by atoms with Crippen LogP contribution in [-0.4, -0.2) is 35.4 Å². The molecule has 0 bridgehead atoms. The number of carbonyl (C=O) groups excluding carboxylic acids is 1. The van der Waals surface area contributed by atoms with Crippen LogP contribution in [-0.2, 0) is 0 Å². The van der Waals surface area contributed by atoms with E-state index >= 15 is 0 Å². The second-order valence-corrected chi connectivity index (χ2v) is 8.39. The highest BCUT2D eigenvalue weighted by molar-refractivity contribution is 5.95. The first kappa shape index (κ1) is 21.4. The van der Waals surface area contributed by atoms with Gasteiger partial charge in [-0.3, -0.25) is 4.79 Å². The fourth-order valence-corrected chi connectivity index (χ4v) is 3.22. The fraction of sp³-hybridized carbons (Fsp3) is 0.333. The number of carbonyl (C=O) groups is 1. The zero-order valence-electron chi connectivity index (χ0n) is 18.7. The van der Waals surface area contributed by atoms with Crippen molar-refractivity contribution in [3.05, 3.63) is 59.3 Å². The molecule has 3 rings (SSSR count). The Morgan fingerprint density at radius 3 is 2.37 bits per heavy atom. The van der Waals surface area contributed by atoms with Crippen LogP contribution in [0.15, 0.2) is 42.5 Å². The molecule has 0 saturated heterocycles. The lowest BCUT2D eigenvalue weighted by Gasteiger charge is -2.21. The smallest absolute Gasteiger partial charge is 0.270 e. The van der Waals surface area contributed by atoms with Crippen molar-refractivity contribution in [2.24, 2.45) is 0 Å². The number of hydrogen-bond acceptors (Lipinski definition) is 4. The van der Waals surface area contributed by atoms with Crippen molar-refractivity contribution in [3.63, 3.8) is 0 Å². The van der Waals surface area contributed by atoms with Gasteiger partial charge in [-0.15, -0.1) is 0 Å². The Labute approximate surface area is 177 Å². The van der Waals surface area contributed by atoms with E-state index in [-0.39, 0.29) is 11.4 Å². The first-order valence-corrected chi connectivity index (χ1v) is 9.85. The van der Waals surface area contributed by atoms with E-state index in [1.165, 1.54) is 0 Å². The van der Waals surface area contributed by atoms with Crippen LogP contribution in [0.2, 0.25) is 0 Å². The predicted octanol–water partition coefficient (Wildman–Crippen LogP) is 4.70. The van der Waals surface area contributed by atoms with Gasteiger partial charge < -0.3 is 14.8 Å². The van der Waals surface area contributed by atoms with Crippen LogP contribution >= 0.6 is 0 Å². The summed E-state index contributed by atoms with van der Waals surface area (Å²) < 4.78 is 12.6. The second-order valence-electron chi connectivity index (χ2n) is 8.39. The number of nitrogens with zero attached hydrogens (tertiary/aromatic N) is 2. The SMILES string of the molecule is COc1ccc(-c2cc(C(=O)NC(C)(C)C)n(-c3cc(C)ccc3C)n2)c(OC)c1. The average molecular weight is 408 g/mol. The van der Waals surface area contributed by atoms with Gasteiger partial charge in [0.2, 0.25) is 0 Å². The largest absolute Gasteiger partial charge is 0.497 e. The van der Waals surface area contributed by atoms with E-state index in [2.05, 4.69) is 5.32 Å². The van der Waals surface area contributed by atoms with E-state index in [9.17, 15) is 4.79 Å². The predicted molar refractivity (Wildman–Crippen MR) is 119 cm³/mol. The molecule has 6 heteroatoms. The number of benzene rings is 2. The van der Waals surface area contributed by atoms with Gasteiger partial charge in [-0.2, -0.15) is 5.10 Å². The monoisotopic (exact) mass is 407 g/mol. The molecule has 30 heavy (non-hydrogen) atoms. The van der Waals surface area contributed by atoms with Crippen molar-refractivity contribution >= 4 is 5.91 Å². The molecule has 0 aliphatic carbocycles. The molecule has 0 saturated carbocycles. The lowest BCUT2D eigenvalue weighted by atomic mass is 10.1. The molecule has 1 heterocycles. The highest BCUT2D eigenvalue weighted by atomic mass is 16.5. The number of hydrogen-bond donors (Lipinski definition) is 1. The molecule has 2 aromatic carbocycles. The minimum atomic E-state index is -0.369. The molecular formula is C24H29N3O3. The highest BCUT2D eigenvalue weighted by Gasteiger charge is 2.23. The Balaban J connectivity index is 2.20. The summed E-state index contributed by atoms with van der Waals surface area (Å²) in [6.45, 7) is 9.90. The van der Waals surface area contributed by atoms with Crippen LogP contribution < -0.4 is 14.8 Å². The van der Waals surface area contributed by atoms with Crippen molar-refractivity contribution < 1.29 is 14.3 Å². The standard InChI is InChI=1S/C24H29N3O3/c1-15-8-9-16(2)20(12-15)27-21(23(28)25-24(3,4)5)14-19(26-27)18-11-10-17(29-6)13-22(18)30-7/h8-14H,1-7H3,(H,25,28). The summed E-state index contributed by atoms with van der Waals surface area (Å²) in [6, 6.07) is 13.5. The number of methoxy groups -OCH3 is 2. The van der Waals surface area contributed by atoms with Crippen molar-refractivity contribution in [1.29, 1.82) is 0 Å². The van der Waals surface area contributed by atoms with Crippen molar-refractivity contribution in [3.8, 4) is 28.4 Å². The van der Waals surface area contributed by atoms with E-state index in [4.69, 9.17) is 14.6 Å². The molecule has 1 amide bonds. The Kier molecular flexibility index (Phi) is 5.87. The summed E-state index contributed by atoms with van der Waals surface area (Å²) in [5.74, 6) is 1.13. The minimum Gasteiger partial charge on any atom is -0.497 e. The Morgan fingerprint density at radius 2 is 1.73 bits per heavy atom. The summed E-state index contributed by atoms with van der Waals surface area (Å²) in [4.78, 5) is 13.1. The lowest BCUT2D eigenvalue weighted by molar-refractivity contribution is 0.0911. The van der Waals surface area contributed by atoms with Gasteiger partial charge in [0, 0.05) is 17.2 Å². The molecule has 0 radical (unpaired) electrons. The molecule has 158 valence electrons.